The maximum atomic E-state index is 12.4. The van der Waals surface area contributed by atoms with Crippen molar-refractivity contribution in [3.63, 3.8) is 0 Å². The average Bonchev–Trinajstić information content (AvgIpc) is 2.82. The second-order valence-corrected chi connectivity index (χ2v) is 6.53. The van der Waals surface area contributed by atoms with Gasteiger partial charge in [-0.2, -0.15) is 0 Å². The standard InChI is InChI=1S/C15H26N2O4/c1-15(13(18)19)7-3-6-12(15)16-14(20)17-8-4-5-11(9-17)10-21-2/h11-12H,3-10H2,1-2H3,(H,16,20)(H,18,19). The Hall–Kier alpha value is -1.30. The highest BCUT2D eigenvalue weighted by molar-refractivity contribution is 5.79. The summed E-state index contributed by atoms with van der Waals surface area (Å²) in [6, 6.07) is -0.402. The number of ether oxygens (including phenoxy) is 1. The molecule has 0 bridgehead atoms. The van der Waals surface area contributed by atoms with E-state index in [1.54, 1.807) is 18.9 Å². The topological polar surface area (TPSA) is 78.9 Å². The molecule has 3 unspecified atom stereocenters. The summed E-state index contributed by atoms with van der Waals surface area (Å²) in [7, 11) is 1.68. The number of likely N-dealkylation sites (tertiary alicyclic amines) is 1. The van der Waals surface area contributed by atoms with Crippen molar-refractivity contribution in [1.82, 2.24) is 10.2 Å². The van der Waals surface area contributed by atoms with Crippen LogP contribution >= 0.6 is 0 Å². The predicted octanol–water partition coefficient (Wildman–Crippen LogP) is 1.70. The fraction of sp³-hybridized carbons (Fsp3) is 0.867. The highest BCUT2D eigenvalue weighted by atomic mass is 16.5. The number of rotatable bonds is 4. The van der Waals surface area contributed by atoms with Gasteiger partial charge in [-0.05, 0) is 32.6 Å². The van der Waals surface area contributed by atoms with Crippen molar-refractivity contribution in [3.05, 3.63) is 0 Å². The molecule has 2 fully saturated rings. The van der Waals surface area contributed by atoms with Crippen molar-refractivity contribution >= 4 is 12.0 Å². The number of urea groups is 1. The molecular formula is C15H26N2O4. The van der Waals surface area contributed by atoms with Crippen LogP contribution in [0.25, 0.3) is 0 Å². The molecule has 6 heteroatoms. The van der Waals surface area contributed by atoms with E-state index in [-0.39, 0.29) is 12.1 Å². The van der Waals surface area contributed by atoms with Crippen molar-refractivity contribution in [3.8, 4) is 0 Å². The molecule has 0 spiro atoms. The zero-order valence-corrected chi connectivity index (χ0v) is 12.9. The summed E-state index contributed by atoms with van der Waals surface area (Å²) in [5, 5.41) is 12.3. The molecule has 2 aliphatic rings. The first-order valence-electron chi connectivity index (χ1n) is 7.75. The van der Waals surface area contributed by atoms with Crippen LogP contribution in [-0.2, 0) is 9.53 Å². The molecule has 2 amide bonds. The van der Waals surface area contributed by atoms with Gasteiger partial charge >= 0.3 is 12.0 Å². The molecule has 3 atom stereocenters. The molecule has 2 N–H and O–H groups in total. The smallest absolute Gasteiger partial charge is 0.317 e. The Kier molecular flexibility index (Phi) is 5.08. The summed E-state index contributed by atoms with van der Waals surface area (Å²) in [4.78, 5) is 25.6. The number of carbonyl (C=O) groups excluding carboxylic acids is 1. The number of nitrogens with zero attached hydrogens (tertiary/aromatic N) is 1. The number of carbonyl (C=O) groups is 2. The molecule has 0 radical (unpaired) electrons. The number of hydrogen-bond donors (Lipinski definition) is 2. The Balaban J connectivity index is 1.93. The van der Waals surface area contributed by atoms with Gasteiger partial charge in [0.1, 0.15) is 0 Å². The molecule has 6 nitrogen and oxygen atoms in total. The molecule has 21 heavy (non-hydrogen) atoms. The number of carboxylic acids is 1. The van der Waals surface area contributed by atoms with Crippen LogP contribution in [0.15, 0.2) is 0 Å². The van der Waals surface area contributed by atoms with Gasteiger partial charge in [0.25, 0.3) is 0 Å². The largest absolute Gasteiger partial charge is 0.481 e. The zero-order valence-electron chi connectivity index (χ0n) is 12.9. The molecule has 0 aromatic rings. The maximum absolute atomic E-state index is 12.4. The summed E-state index contributed by atoms with van der Waals surface area (Å²) >= 11 is 0. The lowest BCUT2D eigenvalue weighted by molar-refractivity contribution is -0.148. The van der Waals surface area contributed by atoms with Crippen molar-refractivity contribution in [2.24, 2.45) is 11.3 Å². The second kappa shape index (κ2) is 6.64. The number of methoxy groups -OCH3 is 1. The van der Waals surface area contributed by atoms with Crippen molar-refractivity contribution in [2.45, 2.75) is 45.1 Å². The lowest BCUT2D eigenvalue weighted by Gasteiger charge is -2.35. The van der Waals surface area contributed by atoms with Gasteiger partial charge in [-0.1, -0.05) is 6.42 Å². The molecule has 1 aliphatic heterocycles. The summed E-state index contributed by atoms with van der Waals surface area (Å²) in [5.74, 6) is -0.440. The quantitative estimate of drug-likeness (QED) is 0.828. The Labute approximate surface area is 125 Å². The van der Waals surface area contributed by atoms with E-state index in [4.69, 9.17) is 4.74 Å². The highest BCUT2D eigenvalue weighted by Gasteiger charge is 2.46. The van der Waals surface area contributed by atoms with E-state index in [1.165, 1.54) is 0 Å². The van der Waals surface area contributed by atoms with Crippen molar-refractivity contribution < 1.29 is 19.4 Å². The van der Waals surface area contributed by atoms with Crippen molar-refractivity contribution in [1.29, 1.82) is 0 Å². The minimum atomic E-state index is -0.836. The van der Waals surface area contributed by atoms with E-state index in [0.717, 1.165) is 32.2 Å². The monoisotopic (exact) mass is 298 g/mol. The minimum absolute atomic E-state index is 0.129. The van der Waals surface area contributed by atoms with Gasteiger partial charge in [0.15, 0.2) is 0 Å². The van der Waals surface area contributed by atoms with Gasteiger partial charge in [0.05, 0.1) is 12.0 Å². The van der Waals surface area contributed by atoms with Crippen LogP contribution in [0.5, 0.6) is 0 Å². The summed E-state index contributed by atoms with van der Waals surface area (Å²) < 4.78 is 5.17. The van der Waals surface area contributed by atoms with Crippen LogP contribution < -0.4 is 5.32 Å². The Bertz CT molecular complexity index is 399. The number of piperidine rings is 1. The fourth-order valence-electron chi connectivity index (χ4n) is 3.52. The fourth-order valence-corrected chi connectivity index (χ4v) is 3.52. The van der Waals surface area contributed by atoms with E-state index in [1.807, 2.05) is 0 Å². The van der Waals surface area contributed by atoms with Gasteiger partial charge in [-0.3, -0.25) is 4.79 Å². The van der Waals surface area contributed by atoms with Gasteiger partial charge in [0.2, 0.25) is 0 Å². The molecule has 2 rings (SSSR count). The van der Waals surface area contributed by atoms with E-state index >= 15 is 0 Å². The highest BCUT2D eigenvalue weighted by Crippen LogP contribution is 2.38. The lowest BCUT2D eigenvalue weighted by atomic mass is 9.85. The molecule has 0 aromatic heterocycles. The van der Waals surface area contributed by atoms with Crippen LogP contribution in [0.4, 0.5) is 4.79 Å². The van der Waals surface area contributed by atoms with Crippen LogP contribution in [0, 0.1) is 11.3 Å². The Morgan fingerprint density at radius 2 is 2.14 bits per heavy atom. The number of nitrogens with one attached hydrogen (secondary N) is 1. The first-order valence-corrected chi connectivity index (χ1v) is 7.75. The Morgan fingerprint density at radius 1 is 1.38 bits per heavy atom. The molecule has 120 valence electrons. The van der Waals surface area contributed by atoms with Gasteiger partial charge < -0.3 is 20.1 Å². The summed E-state index contributed by atoms with van der Waals surface area (Å²) in [6.45, 7) is 3.83. The number of amides is 2. The first kappa shape index (κ1) is 16.1. The third-order valence-electron chi connectivity index (χ3n) is 4.95. The predicted molar refractivity (Wildman–Crippen MR) is 78.1 cm³/mol. The van der Waals surface area contributed by atoms with Gasteiger partial charge in [-0.15, -0.1) is 0 Å². The third-order valence-corrected chi connectivity index (χ3v) is 4.95. The van der Waals surface area contributed by atoms with E-state index in [0.29, 0.717) is 25.5 Å². The molecule has 1 aliphatic carbocycles. The van der Waals surface area contributed by atoms with Crippen LogP contribution in [0.2, 0.25) is 0 Å². The normalized spacial score (nSPS) is 33.0. The van der Waals surface area contributed by atoms with Gasteiger partial charge in [0, 0.05) is 32.2 Å². The summed E-state index contributed by atoms with van der Waals surface area (Å²) in [5.41, 5.74) is -0.836. The van der Waals surface area contributed by atoms with Crippen LogP contribution in [0.3, 0.4) is 0 Å². The summed E-state index contributed by atoms with van der Waals surface area (Å²) in [6.07, 6.45) is 4.26. The van der Waals surface area contributed by atoms with E-state index in [9.17, 15) is 14.7 Å². The minimum Gasteiger partial charge on any atom is -0.481 e. The second-order valence-electron chi connectivity index (χ2n) is 6.53. The lowest BCUT2D eigenvalue weighted by Crippen LogP contribution is -2.53. The number of hydrogen-bond acceptors (Lipinski definition) is 3. The number of carboxylic acid groups (broad SMARTS) is 1. The Morgan fingerprint density at radius 3 is 2.81 bits per heavy atom. The van der Waals surface area contributed by atoms with E-state index in [2.05, 4.69) is 5.32 Å². The molecule has 1 heterocycles. The van der Waals surface area contributed by atoms with Gasteiger partial charge in [-0.25, -0.2) is 4.79 Å². The zero-order chi connectivity index (χ0) is 15.5. The van der Waals surface area contributed by atoms with Crippen LogP contribution in [-0.4, -0.2) is 54.9 Å². The molecule has 1 saturated heterocycles. The van der Waals surface area contributed by atoms with Crippen molar-refractivity contribution in [2.75, 3.05) is 26.8 Å². The molecule has 1 saturated carbocycles. The number of aliphatic carboxylic acids is 1. The third kappa shape index (κ3) is 3.48. The maximum Gasteiger partial charge on any atom is 0.317 e. The first-order chi connectivity index (χ1) is 9.97. The average molecular weight is 298 g/mol. The SMILES string of the molecule is COCC1CCCN(C(=O)NC2CCCC2(C)C(=O)O)C1. The molecule has 0 aromatic carbocycles. The van der Waals surface area contributed by atoms with Crippen LogP contribution in [0.1, 0.15) is 39.0 Å². The van der Waals surface area contributed by atoms with E-state index < -0.39 is 11.4 Å². The molecular weight excluding hydrogens is 272 g/mol.